The number of allylic oxidation sites excluding steroid dienone is 1. The van der Waals surface area contributed by atoms with Crippen LogP contribution in [-0.4, -0.2) is 23.1 Å². The molecule has 0 fully saturated rings. The van der Waals surface area contributed by atoms with Crippen molar-refractivity contribution in [3.8, 4) is 0 Å². The maximum atomic E-state index is 12.0. The molecule has 1 N–H and O–H groups in total. The molecule has 28 heavy (non-hydrogen) atoms. The summed E-state index contributed by atoms with van der Waals surface area (Å²) in [5, 5.41) is 8.61. The number of rotatable bonds is 20. The minimum absolute atomic E-state index is 0.0262. The van der Waals surface area contributed by atoms with Gasteiger partial charge in [-0.2, -0.15) is 0 Å². The molecule has 0 bridgehead atoms. The molecule has 0 amide bonds. The molecule has 164 valence electrons. The molecule has 0 aliphatic rings. The van der Waals surface area contributed by atoms with E-state index in [-0.39, 0.29) is 18.5 Å². The molecule has 1 atom stereocenters. The van der Waals surface area contributed by atoms with E-state index in [0.717, 1.165) is 77.0 Å². The van der Waals surface area contributed by atoms with Gasteiger partial charge in [0.1, 0.15) is 6.10 Å². The van der Waals surface area contributed by atoms with Crippen LogP contribution in [0.5, 0.6) is 0 Å². The van der Waals surface area contributed by atoms with Gasteiger partial charge in [0, 0.05) is 19.3 Å². The lowest BCUT2D eigenvalue weighted by Gasteiger charge is -2.16. The van der Waals surface area contributed by atoms with Crippen molar-refractivity contribution >= 4 is 11.9 Å². The maximum Gasteiger partial charge on any atom is 0.306 e. The second kappa shape index (κ2) is 20.4. The first-order valence-electron chi connectivity index (χ1n) is 11.7. The Labute approximate surface area is 173 Å². The standard InChI is InChI=1S/C24H44O4/c1-3-5-7-15-18-22(28-24(27)21-14-6-4-2)19-16-12-10-8-9-11-13-17-20-23(25)26/h12,16,22H,3-11,13-15,17-21H2,1-2H3,(H,25,26)/b16-12-/t22-/m1/s1. The summed E-state index contributed by atoms with van der Waals surface area (Å²) in [6, 6.07) is 0. The molecule has 0 aromatic carbocycles. The minimum Gasteiger partial charge on any atom is -0.481 e. The zero-order valence-corrected chi connectivity index (χ0v) is 18.4. The van der Waals surface area contributed by atoms with Crippen molar-refractivity contribution in [1.29, 1.82) is 0 Å². The molecule has 0 aliphatic heterocycles. The summed E-state index contributed by atoms with van der Waals surface area (Å²) in [6.45, 7) is 4.35. The molecule has 0 spiro atoms. The fraction of sp³-hybridized carbons (Fsp3) is 0.833. The highest BCUT2D eigenvalue weighted by molar-refractivity contribution is 5.69. The van der Waals surface area contributed by atoms with Crippen LogP contribution in [0.1, 0.15) is 123 Å². The van der Waals surface area contributed by atoms with E-state index in [2.05, 4.69) is 26.0 Å². The van der Waals surface area contributed by atoms with Crippen molar-refractivity contribution < 1.29 is 19.4 Å². The van der Waals surface area contributed by atoms with Crippen LogP contribution >= 0.6 is 0 Å². The van der Waals surface area contributed by atoms with Crippen LogP contribution in [0.15, 0.2) is 12.2 Å². The number of ether oxygens (including phenoxy) is 1. The van der Waals surface area contributed by atoms with Gasteiger partial charge < -0.3 is 9.84 Å². The summed E-state index contributed by atoms with van der Waals surface area (Å²) >= 11 is 0. The van der Waals surface area contributed by atoms with Gasteiger partial charge in [-0.1, -0.05) is 77.4 Å². The van der Waals surface area contributed by atoms with Crippen molar-refractivity contribution in [3.05, 3.63) is 12.2 Å². The van der Waals surface area contributed by atoms with Crippen molar-refractivity contribution in [2.24, 2.45) is 0 Å². The van der Waals surface area contributed by atoms with Crippen LogP contribution < -0.4 is 0 Å². The number of unbranched alkanes of at least 4 members (excludes halogenated alkanes) is 10. The molecule has 0 rings (SSSR count). The Hall–Kier alpha value is -1.32. The molecule has 0 aromatic rings. The predicted molar refractivity (Wildman–Crippen MR) is 116 cm³/mol. The molecule has 0 saturated heterocycles. The third-order valence-corrected chi connectivity index (χ3v) is 4.99. The second-order valence-corrected chi connectivity index (χ2v) is 7.83. The highest BCUT2D eigenvalue weighted by atomic mass is 16.5. The lowest BCUT2D eigenvalue weighted by atomic mass is 10.1. The van der Waals surface area contributed by atoms with Crippen LogP contribution in [0.2, 0.25) is 0 Å². The third-order valence-electron chi connectivity index (χ3n) is 4.99. The molecule has 0 aliphatic carbocycles. The molecular weight excluding hydrogens is 352 g/mol. The number of carbonyl (C=O) groups excluding carboxylic acids is 1. The monoisotopic (exact) mass is 396 g/mol. The summed E-state index contributed by atoms with van der Waals surface area (Å²) in [4.78, 5) is 22.5. The summed E-state index contributed by atoms with van der Waals surface area (Å²) in [5.74, 6) is -0.734. The molecule has 0 saturated carbocycles. The second-order valence-electron chi connectivity index (χ2n) is 7.83. The van der Waals surface area contributed by atoms with Crippen molar-refractivity contribution in [2.75, 3.05) is 0 Å². The van der Waals surface area contributed by atoms with Crippen molar-refractivity contribution in [3.63, 3.8) is 0 Å². The number of carbonyl (C=O) groups is 2. The van der Waals surface area contributed by atoms with Gasteiger partial charge in [0.15, 0.2) is 0 Å². The number of hydrogen-bond acceptors (Lipinski definition) is 3. The lowest BCUT2D eigenvalue weighted by Crippen LogP contribution is -2.17. The molecule has 0 unspecified atom stereocenters. The normalized spacial score (nSPS) is 12.4. The van der Waals surface area contributed by atoms with Gasteiger partial charge in [-0.15, -0.1) is 0 Å². The van der Waals surface area contributed by atoms with Gasteiger partial charge in [-0.05, 0) is 38.5 Å². The Morgan fingerprint density at radius 1 is 0.786 bits per heavy atom. The van der Waals surface area contributed by atoms with E-state index < -0.39 is 5.97 Å². The van der Waals surface area contributed by atoms with E-state index in [4.69, 9.17) is 9.84 Å². The number of carboxylic acids is 1. The molecule has 0 aromatic heterocycles. The Balaban J connectivity index is 3.98. The third kappa shape index (κ3) is 19.4. The quantitative estimate of drug-likeness (QED) is 0.134. The summed E-state index contributed by atoms with van der Waals surface area (Å²) < 4.78 is 5.73. The first-order chi connectivity index (χ1) is 13.6. The van der Waals surface area contributed by atoms with E-state index in [9.17, 15) is 9.59 Å². The zero-order valence-electron chi connectivity index (χ0n) is 18.4. The number of aliphatic carboxylic acids is 1. The highest BCUT2D eigenvalue weighted by Gasteiger charge is 2.12. The average molecular weight is 397 g/mol. The van der Waals surface area contributed by atoms with Gasteiger partial charge in [-0.3, -0.25) is 9.59 Å². The average Bonchev–Trinajstić information content (AvgIpc) is 2.66. The Morgan fingerprint density at radius 2 is 1.39 bits per heavy atom. The number of carboxylic acid groups (broad SMARTS) is 1. The largest absolute Gasteiger partial charge is 0.481 e. The fourth-order valence-electron chi connectivity index (χ4n) is 3.22. The van der Waals surface area contributed by atoms with Crippen molar-refractivity contribution in [2.45, 2.75) is 129 Å². The van der Waals surface area contributed by atoms with Crippen LogP contribution in [-0.2, 0) is 14.3 Å². The summed E-state index contributed by atoms with van der Waals surface area (Å²) in [5.41, 5.74) is 0. The van der Waals surface area contributed by atoms with E-state index >= 15 is 0 Å². The smallest absolute Gasteiger partial charge is 0.306 e. The molecule has 0 heterocycles. The lowest BCUT2D eigenvalue weighted by molar-refractivity contribution is -0.149. The molecule has 0 radical (unpaired) electrons. The van der Waals surface area contributed by atoms with Crippen LogP contribution in [0.25, 0.3) is 0 Å². The van der Waals surface area contributed by atoms with Gasteiger partial charge in [0.05, 0.1) is 0 Å². The molecule has 4 heteroatoms. The molecule has 4 nitrogen and oxygen atoms in total. The Bertz CT molecular complexity index is 403. The first kappa shape index (κ1) is 26.7. The van der Waals surface area contributed by atoms with Gasteiger partial charge in [-0.25, -0.2) is 0 Å². The van der Waals surface area contributed by atoms with Gasteiger partial charge >= 0.3 is 11.9 Å². The maximum absolute atomic E-state index is 12.0. The summed E-state index contributed by atoms with van der Waals surface area (Å²) in [6.07, 6.45) is 21.2. The number of esters is 1. The van der Waals surface area contributed by atoms with Crippen LogP contribution in [0.3, 0.4) is 0 Å². The molecular formula is C24H44O4. The van der Waals surface area contributed by atoms with E-state index in [1.807, 2.05) is 0 Å². The zero-order chi connectivity index (χ0) is 20.9. The SMILES string of the molecule is CCCCCC[C@H](C/C=C\CCCCCCCC(=O)O)OC(=O)CCCCC. The van der Waals surface area contributed by atoms with E-state index in [0.29, 0.717) is 6.42 Å². The topological polar surface area (TPSA) is 63.6 Å². The van der Waals surface area contributed by atoms with Crippen LogP contribution in [0.4, 0.5) is 0 Å². The summed E-state index contributed by atoms with van der Waals surface area (Å²) in [7, 11) is 0. The number of hydrogen-bond donors (Lipinski definition) is 1. The predicted octanol–water partition coefficient (Wildman–Crippen LogP) is 7.21. The minimum atomic E-state index is -0.696. The Kier molecular flexibility index (Phi) is 19.5. The fourth-order valence-corrected chi connectivity index (χ4v) is 3.22. The van der Waals surface area contributed by atoms with E-state index in [1.165, 1.54) is 19.3 Å². The first-order valence-corrected chi connectivity index (χ1v) is 11.7. The Morgan fingerprint density at radius 3 is 2.11 bits per heavy atom. The van der Waals surface area contributed by atoms with Crippen molar-refractivity contribution in [1.82, 2.24) is 0 Å². The van der Waals surface area contributed by atoms with Crippen LogP contribution in [0, 0.1) is 0 Å². The highest BCUT2D eigenvalue weighted by Crippen LogP contribution is 2.15. The van der Waals surface area contributed by atoms with Gasteiger partial charge in [0.25, 0.3) is 0 Å². The van der Waals surface area contributed by atoms with Gasteiger partial charge in [0.2, 0.25) is 0 Å². The van der Waals surface area contributed by atoms with E-state index in [1.54, 1.807) is 0 Å².